The molecule has 8 heteroatoms. The molecule has 0 bridgehead atoms. The van der Waals surface area contributed by atoms with Gasteiger partial charge in [-0.15, -0.1) is 0 Å². The summed E-state index contributed by atoms with van der Waals surface area (Å²) in [7, 11) is 0. The fraction of sp³-hybridized carbons (Fsp3) is 0.542. The molecule has 8 nitrogen and oxygen atoms in total. The Morgan fingerprint density at radius 1 is 1.22 bits per heavy atom. The molecule has 32 heavy (non-hydrogen) atoms. The van der Waals surface area contributed by atoms with E-state index in [2.05, 4.69) is 27.1 Å². The molecule has 2 fully saturated rings. The number of aromatic hydroxyl groups is 1. The minimum absolute atomic E-state index is 0.0178. The van der Waals surface area contributed by atoms with Crippen LogP contribution in [-0.2, 0) is 9.53 Å². The molecule has 4 heterocycles. The number of ether oxygens (including phenoxy) is 1. The van der Waals surface area contributed by atoms with Crippen molar-refractivity contribution in [2.24, 2.45) is 11.8 Å². The van der Waals surface area contributed by atoms with Crippen molar-refractivity contribution in [1.29, 1.82) is 0 Å². The molecular weight excluding hydrogens is 406 g/mol. The second-order valence-electron chi connectivity index (χ2n) is 9.20. The van der Waals surface area contributed by atoms with Crippen LogP contribution < -0.4 is 15.1 Å². The van der Waals surface area contributed by atoms with Crippen molar-refractivity contribution in [2.75, 3.05) is 41.4 Å². The summed E-state index contributed by atoms with van der Waals surface area (Å²) in [5.74, 6) is 1.95. The van der Waals surface area contributed by atoms with Gasteiger partial charge in [-0.25, -0.2) is 4.98 Å². The van der Waals surface area contributed by atoms with Crippen molar-refractivity contribution in [3.63, 3.8) is 0 Å². The van der Waals surface area contributed by atoms with Gasteiger partial charge in [-0.05, 0) is 43.9 Å². The molecule has 2 N–H and O–H groups in total. The molecule has 2 aliphatic heterocycles. The lowest BCUT2D eigenvalue weighted by Crippen LogP contribution is -2.51. The number of hydrogen-bond acceptors (Lipinski definition) is 7. The van der Waals surface area contributed by atoms with Gasteiger partial charge >= 0.3 is 0 Å². The molecule has 1 amide bonds. The summed E-state index contributed by atoms with van der Waals surface area (Å²) >= 11 is 0. The van der Waals surface area contributed by atoms with Gasteiger partial charge in [-0.1, -0.05) is 13.0 Å². The van der Waals surface area contributed by atoms with Crippen LogP contribution in [0.1, 0.15) is 44.0 Å². The Kier molecular flexibility index (Phi) is 5.41. The highest BCUT2D eigenvalue weighted by atomic mass is 16.5. The number of carbonyl (C=O) groups is 1. The van der Waals surface area contributed by atoms with E-state index in [0.717, 1.165) is 43.0 Å². The van der Waals surface area contributed by atoms with Crippen LogP contribution in [0.2, 0.25) is 0 Å². The van der Waals surface area contributed by atoms with E-state index in [0.29, 0.717) is 30.6 Å². The van der Waals surface area contributed by atoms with Gasteiger partial charge in [-0.3, -0.25) is 4.79 Å². The molecule has 5 rings (SSSR count). The Labute approximate surface area is 188 Å². The van der Waals surface area contributed by atoms with E-state index in [1.54, 1.807) is 11.8 Å². The van der Waals surface area contributed by atoms with Crippen LogP contribution in [0.3, 0.4) is 0 Å². The second-order valence-corrected chi connectivity index (χ2v) is 9.20. The number of rotatable bonds is 4. The third kappa shape index (κ3) is 3.77. The average molecular weight is 438 g/mol. The number of aryl methyl sites for hydroxylation is 1. The Hall–Kier alpha value is -2.87. The van der Waals surface area contributed by atoms with Crippen molar-refractivity contribution in [3.8, 4) is 5.88 Å². The summed E-state index contributed by atoms with van der Waals surface area (Å²) in [6, 6.07) is 7.87. The summed E-state index contributed by atoms with van der Waals surface area (Å²) in [5, 5.41) is 14.7. The number of aromatic nitrogens is 2. The largest absolute Gasteiger partial charge is 0.492 e. The van der Waals surface area contributed by atoms with Gasteiger partial charge in [0.05, 0.1) is 19.3 Å². The fourth-order valence-electron chi connectivity index (χ4n) is 5.27. The first kappa shape index (κ1) is 21.0. The zero-order chi connectivity index (χ0) is 22.4. The lowest BCUT2D eigenvalue weighted by atomic mass is 9.80. The fourth-order valence-corrected chi connectivity index (χ4v) is 5.27. The Balaban J connectivity index is 1.63. The molecule has 1 saturated heterocycles. The van der Waals surface area contributed by atoms with Gasteiger partial charge in [0.15, 0.2) is 0 Å². The van der Waals surface area contributed by atoms with E-state index in [-0.39, 0.29) is 29.8 Å². The highest BCUT2D eigenvalue weighted by Crippen LogP contribution is 2.52. The van der Waals surface area contributed by atoms with E-state index in [4.69, 9.17) is 4.74 Å². The number of nitrogens with one attached hydrogen (secondary N) is 1. The van der Waals surface area contributed by atoms with E-state index in [9.17, 15) is 9.90 Å². The number of nitrogens with zero attached hydrogens (tertiary/aromatic N) is 4. The maximum Gasteiger partial charge on any atom is 0.237 e. The molecule has 1 saturated carbocycles. The third-order valence-corrected chi connectivity index (χ3v) is 6.90. The molecule has 1 aliphatic carbocycles. The predicted octanol–water partition coefficient (Wildman–Crippen LogP) is 3.26. The van der Waals surface area contributed by atoms with Gasteiger partial charge in [-0.2, -0.15) is 4.98 Å². The number of anilines is 3. The van der Waals surface area contributed by atoms with Gasteiger partial charge in [0.1, 0.15) is 17.3 Å². The summed E-state index contributed by atoms with van der Waals surface area (Å²) < 4.78 is 5.48. The van der Waals surface area contributed by atoms with Crippen LogP contribution in [0, 0.1) is 18.8 Å². The summed E-state index contributed by atoms with van der Waals surface area (Å²) in [5.41, 5.74) is 2.37. The minimum atomic E-state index is -0.103. The molecule has 0 spiro atoms. The number of morpholine rings is 1. The number of hydrogen-bond donors (Lipinski definition) is 2. The molecule has 2 aromatic heterocycles. The first-order valence-electron chi connectivity index (χ1n) is 11.5. The third-order valence-electron chi connectivity index (χ3n) is 6.90. The minimum Gasteiger partial charge on any atom is -0.492 e. The highest BCUT2D eigenvalue weighted by molar-refractivity contribution is 5.96. The van der Waals surface area contributed by atoms with Crippen molar-refractivity contribution in [3.05, 3.63) is 35.5 Å². The second kappa shape index (κ2) is 8.24. The first-order chi connectivity index (χ1) is 15.4. The zero-order valence-electron chi connectivity index (χ0n) is 18.9. The Morgan fingerprint density at radius 3 is 2.62 bits per heavy atom. The van der Waals surface area contributed by atoms with Gasteiger partial charge < -0.3 is 25.0 Å². The monoisotopic (exact) mass is 437 g/mol. The van der Waals surface area contributed by atoms with Crippen LogP contribution in [0.5, 0.6) is 5.88 Å². The van der Waals surface area contributed by atoms with Gasteiger partial charge in [0, 0.05) is 43.2 Å². The Bertz CT molecular complexity index is 1020. The predicted molar refractivity (Wildman–Crippen MR) is 123 cm³/mol. The standard InChI is InChI=1S/C24H31N5O3/c1-14-5-4-6-19(25-14)26-21-15(2)22(17-7-8-17)29(16(3)30)23-18(21)13-20(27-24(23)31)28-9-11-32-12-10-28/h4-6,13,15,17,21-22H,7-12H2,1-3H3,(H,25,26)(H,27,31)/t15-,21-,22-/m1/s1. The van der Waals surface area contributed by atoms with Crippen LogP contribution in [0.15, 0.2) is 24.3 Å². The summed E-state index contributed by atoms with van der Waals surface area (Å²) in [6.07, 6.45) is 2.20. The van der Waals surface area contributed by atoms with Gasteiger partial charge in [0.25, 0.3) is 0 Å². The van der Waals surface area contributed by atoms with E-state index in [1.165, 1.54) is 0 Å². The molecule has 0 aromatic carbocycles. The average Bonchev–Trinajstić information content (AvgIpc) is 3.61. The van der Waals surface area contributed by atoms with Crippen LogP contribution >= 0.6 is 0 Å². The van der Waals surface area contributed by atoms with Crippen molar-refractivity contribution in [1.82, 2.24) is 9.97 Å². The van der Waals surface area contributed by atoms with Crippen molar-refractivity contribution >= 4 is 23.2 Å². The summed E-state index contributed by atoms with van der Waals surface area (Å²) in [6.45, 7) is 8.46. The topological polar surface area (TPSA) is 90.8 Å². The molecule has 0 unspecified atom stereocenters. The molecule has 3 aliphatic rings. The van der Waals surface area contributed by atoms with Crippen LogP contribution in [-0.4, -0.2) is 53.3 Å². The maximum atomic E-state index is 12.8. The smallest absolute Gasteiger partial charge is 0.237 e. The van der Waals surface area contributed by atoms with E-state index in [1.807, 2.05) is 31.2 Å². The van der Waals surface area contributed by atoms with Crippen molar-refractivity contribution < 1.29 is 14.6 Å². The number of carbonyl (C=O) groups excluding carboxylic acids is 1. The van der Waals surface area contributed by atoms with Gasteiger partial charge in [0.2, 0.25) is 11.8 Å². The van der Waals surface area contributed by atoms with E-state index < -0.39 is 0 Å². The summed E-state index contributed by atoms with van der Waals surface area (Å²) in [4.78, 5) is 25.9. The molecule has 3 atom stereocenters. The van der Waals surface area contributed by atoms with E-state index >= 15 is 0 Å². The lowest BCUT2D eigenvalue weighted by Gasteiger charge is -2.46. The Morgan fingerprint density at radius 2 is 1.97 bits per heavy atom. The highest BCUT2D eigenvalue weighted by Gasteiger charge is 2.49. The first-order valence-corrected chi connectivity index (χ1v) is 11.5. The quantitative estimate of drug-likeness (QED) is 0.759. The molecular formula is C24H31N5O3. The van der Waals surface area contributed by atoms with Crippen molar-refractivity contribution in [2.45, 2.75) is 45.7 Å². The lowest BCUT2D eigenvalue weighted by molar-refractivity contribution is -0.117. The molecule has 2 aromatic rings. The maximum absolute atomic E-state index is 12.8. The number of pyridine rings is 2. The molecule has 0 radical (unpaired) electrons. The van der Waals surface area contributed by atoms with Crippen LogP contribution in [0.4, 0.5) is 17.3 Å². The normalized spacial score (nSPS) is 25.4. The number of fused-ring (bicyclic) bond motifs is 1. The molecule has 170 valence electrons. The number of amides is 1. The zero-order valence-corrected chi connectivity index (χ0v) is 18.9. The van der Waals surface area contributed by atoms with Crippen LogP contribution in [0.25, 0.3) is 0 Å². The SMILES string of the molecule is CC(=O)N1c2c(cc(N3CCOCC3)nc2O)[C@H](Nc2cccc(C)n2)[C@@H](C)[C@@H]1C1CC1.